The molecule has 1 aliphatic rings. The Bertz CT molecular complexity index is 1310. The van der Waals surface area contributed by atoms with Gasteiger partial charge in [0, 0.05) is 61.2 Å². The zero-order valence-corrected chi connectivity index (χ0v) is 18.7. The van der Waals surface area contributed by atoms with E-state index in [0.29, 0.717) is 35.3 Å². The van der Waals surface area contributed by atoms with Gasteiger partial charge in [-0.25, -0.2) is 14.6 Å². The Kier molecular flexibility index (Phi) is 5.01. The third kappa shape index (κ3) is 3.66. The molecule has 1 fully saturated rings. The van der Waals surface area contributed by atoms with Gasteiger partial charge in [-0.1, -0.05) is 16.8 Å². The van der Waals surface area contributed by atoms with E-state index < -0.39 is 0 Å². The van der Waals surface area contributed by atoms with E-state index in [2.05, 4.69) is 44.5 Å². The van der Waals surface area contributed by atoms with E-state index in [4.69, 9.17) is 11.6 Å². The van der Waals surface area contributed by atoms with Crippen molar-refractivity contribution < 1.29 is 4.79 Å². The van der Waals surface area contributed by atoms with Crippen LogP contribution in [0.3, 0.4) is 0 Å². The fourth-order valence-corrected chi connectivity index (χ4v) is 3.88. The second-order valence-corrected chi connectivity index (χ2v) is 8.61. The Hall–Kier alpha value is -3.53. The molecule has 10 nitrogen and oxygen atoms in total. The third-order valence-electron chi connectivity index (χ3n) is 5.39. The monoisotopic (exact) mass is 451 g/mol. The van der Waals surface area contributed by atoms with Crippen LogP contribution < -0.4 is 5.32 Å². The Morgan fingerprint density at radius 2 is 2.00 bits per heavy atom. The van der Waals surface area contributed by atoms with Gasteiger partial charge in [0.2, 0.25) is 5.91 Å². The van der Waals surface area contributed by atoms with Crippen molar-refractivity contribution in [1.29, 1.82) is 0 Å². The first-order valence-electron chi connectivity index (χ1n) is 10.3. The molecule has 5 heterocycles. The molecular formula is C21H22ClN9O. The van der Waals surface area contributed by atoms with Gasteiger partial charge < -0.3 is 10.2 Å². The number of rotatable bonds is 5. The summed E-state index contributed by atoms with van der Waals surface area (Å²) in [6.45, 7) is 7.01. The highest BCUT2D eigenvalue weighted by Crippen LogP contribution is 2.30. The number of nitrogens with zero attached hydrogens (tertiary/aromatic N) is 8. The second-order valence-electron chi connectivity index (χ2n) is 8.17. The minimum absolute atomic E-state index is 0.0766. The van der Waals surface area contributed by atoms with Crippen molar-refractivity contribution in [3.63, 3.8) is 0 Å². The van der Waals surface area contributed by atoms with E-state index in [1.165, 1.54) is 0 Å². The van der Waals surface area contributed by atoms with Gasteiger partial charge >= 0.3 is 0 Å². The fraction of sp³-hybridized carbons (Fsp3) is 0.333. The van der Waals surface area contributed by atoms with Crippen molar-refractivity contribution in [3.8, 4) is 17.1 Å². The number of aromatic nitrogens is 7. The first-order valence-corrected chi connectivity index (χ1v) is 10.7. The molecule has 1 aliphatic heterocycles. The normalized spacial score (nSPS) is 14.2. The van der Waals surface area contributed by atoms with Crippen LogP contribution in [0.25, 0.3) is 28.1 Å². The number of anilines is 1. The van der Waals surface area contributed by atoms with E-state index in [0.717, 1.165) is 16.6 Å². The molecule has 0 unspecified atom stereocenters. The Labute approximate surface area is 189 Å². The summed E-state index contributed by atoms with van der Waals surface area (Å²) in [6, 6.07) is 4.09. The Balaban J connectivity index is 1.49. The molecule has 11 heteroatoms. The summed E-state index contributed by atoms with van der Waals surface area (Å²) in [7, 11) is 0. The van der Waals surface area contributed by atoms with E-state index >= 15 is 0 Å². The van der Waals surface area contributed by atoms with Gasteiger partial charge in [0.15, 0.2) is 11.5 Å². The Morgan fingerprint density at radius 1 is 1.19 bits per heavy atom. The highest BCUT2D eigenvalue weighted by Gasteiger charge is 2.31. The maximum absolute atomic E-state index is 11.5. The highest BCUT2D eigenvalue weighted by molar-refractivity contribution is 6.31. The molecule has 0 saturated carbocycles. The molecule has 1 saturated heterocycles. The summed E-state index contributed by atoms with van der Waals surface area (Å²) in [5.41, 5.74) is 3.09. The lowest BCUT2D eigenvalue weighted by atomic mass is 10.1. The van der Waals surface area contributed by atoms with Crippen LogP contribution >= 0.6 is 11.6 Å². The number of likely N-dealkylation sites (tertiary alicyclic amines) is 1. The lowest BCUT2D eigenvalue weighted by molar-refractivity contribution is -0.134. The van der Waals surface area contributed by atoms with Gasteiger partial charge in [-0.3, -0.25) is 4.79 Å². The van der Waals surface area contributed by atoms with Crippen LogP contribution in [0, 0.1) is 0 Å². The smallest absolute Gasteiger partial charge is 0.219 e. The number of nitrogens with one attached hydrogen (secondary N) is 1. The minimum Gasteiger partial charge on any atom is -0.382 e. The fourth-order valence-electron chi connectivity index (χ4n) is 3.72. The zero-order valence-electron chi connectivity index (χ0n) is 17.9. The van der Waals surface area contributed by atoms with Crippen molar-refractivity contribution in [1.82, 2.24) is 39.6 Å². The average molecular weight is 452 g/mol. The third-order valence-corrected chi connectivity index (χ3v) is 5.60. The molecule has 0 aromatic carbocycles. The van der Waals surface area contributed by atoms with Crippen molar-refractivity contribution in [2.75, 3.05) is 18.4 Å². The maximum atomic E-state index is 11.5. The maximum Gasteiger partial charge on any atom is 0.219 e. The molecule has 0 aliphatic carbocycles. The topological polar surface area (TPSA) is 107 Å². The van der Waals surface area contributed by atoms with Gasteiger partial charge in [0.1, 0.15) is 5.69 Å². The lowest BCUT2D eigenvalue weighted by Crippen LogP contribution is -2.50. The minimum atomic E-state index is 0.0766. The van der Waals surface area contributed by atoms with Gasteiger partial charge in [0.05, 0.1) is 23.5 Å². The quantitative estimate of drug-likeness (QED) is 0.497. The molecular weight excluding hydrogens is 430 g/mol. The van der Waals surface area contributed by atoms with E-state index in [1.54, 1.807) is 35.1 Å². The van der Waals surface area contributed by atoms with Crippen LogP contribution in [0.4, 0.5) is 5.69 Å². The number of carbonyl (C=O) groups is 1. The molecule has 32 heavy (non-hydrogen) atoms. The molecule has 0 bridgehead atoms. The summed E-state index contributed by atoms with van der Waals surface area (Å²) >= 11 is 6.05. The predicted octanol–water partition coefficient (Wildman–Crippen LogP) is 2.95. The number of carbonyl (C=O) groups excluding carboxylic acids is 1. The number of hydrogen-bond donors (Lipinski definition) is 1. The molecule has 1 N–H and O–H groups in total. The van der Waals surface area contributed by atoms with Gasteiger partial charge in [-0.15, -0.1) is 5.10 Å². The molecule has 1 amide bonds. The molecule has 5 rings (SSSR count). The molecule has 0 radical (unpaired) electrons. The van der Waals surface area contributed by atoms with Crippen molar-refractivity contribution in [2.24, 2.45) is 0 Å². The van der Waals surface area contributed by atoms with E-state index in [-0.39, 0.29) is 18.0 Å². The van der Waals surface area contributed by atoms with Crippen molar-refractivity contribution >= 4 is 34.2 Å². The van der Waals surface area contributed by atoms with Gasteiger partial charge in [-0.05, 0) is 19.9 Å². The van der Waals surface area contributed by atoms with E-state index in [9.17, 15) is 4.79 Å². The largest absolute Gasteiger partial charge is 0.382 e. The SMILES string of the molecule is CC(=O)N1CC(n2cc(-c3cnc(-n4ncc5cc(Cl)cnc54)cc3NC(C)C)nn2)C1. The number of halogens is 1. The van der Waals surface area contributed by atoms with Gasteiger partial charge in [0.25, 0.3) is 0 Å². The van der Waals surface area contributed by atoms with Crippen molar-refractivity contribution in [2.45, 2.75) is 32.9 Å². The second kappa shape index (κ2) is 7.86. The van der Waals surface area contributed by atoms with Crippen molar-refractivity contribution in [3.05, 3.63) is 41.9 Å². The molecule has 164 valence electrons. The number of hydrogen-bond acceptors (Lipinski definition) is 7. The summed E-state index contributed by atoms with van der Waals surface area (Å²) in [5, 5.41) is 17.9. The molecule has 0 atom stereocenters. The lowest BCUT2D eigenvalue weighted by Gasteiger charge is -2.38. The molecule has 0 spiro atoms. The average Bonchev–Trinajstić information content (AvgIpc) is 3.33. The van der Waals surface area contributed by atoms with Gasteiger partial charge in [-0.2, -0.15) is 9.78 Å². The van der Waals surface area contributed by atoms with Crippen LogP contribution in [0.2, 0.25) is 5.02 Å². The summed E-state index contributed by atoms with van der Waals surface area (Å²) in [5.74, 6) is 0.706. The van der Waals surface area contributed by atoms with Crippen LogP contribution in [-0.4, -0.2) is 64.7 Å². The zero-order chi connectivity index (χ0) is 22.4. The molecule has 4 aromatic heterocycles. The number of amides is 1. The number of fused-ring (bicyclic) bond motifs is 1. The standard InChI is InChI=1S/C21H22ClN9O/c1-12(2)26-18-5-20(31-21-14(6-25-31)4-15(22)7-24-21)23-8-17(18)19-11-30(28-27-19)16-9-29(10-16)13(3)32/h4-8,11-12,16H,9-10H2,1-3H3,(H,23,26). The van der Waals surface area contributed by atoms with E-state index in [1.807, 2.05) is 23.0 Å². The van der Waals surface area contributed by atoms with Crippen LogP contribution in [-0.2, 0) is 4.79 Å². The van der Waals surface area contributed by atoms with Crippen LogP contribution in [0.5, 0.6) is 0 Å². The Morgan fingerprint density at radius 3 is 2.75 bits per heavy atom. The van der Waals surface area contributed by atoms with Crippen LogP contribution in [0.15, 0.2) is 36.9 Å². The highest BCUT2D eigenvalue weighted by atomic mass is 35.5. The predicted molar refractivity (Wildman–Crippen MR) is 121 cm³/mol. The summed E-state index contributed by atoms with van der Waals surface area (Å²) in [4.78, 5) is 22.3. The first kappa shape index (κ1) is 20.4. The van der Waals surface area contributed by atoms with Crippen LogP contribution in [0.1, 0.15) is 26.8 Å². The first-order chi connectivity index (χ1) is 15.4. The summed E-state index contributed by atoms with van der Waals surface area (Å²) in [6.07, 6.45) is 6.97. The molecule has 4 aromatic rings. The summed E-state index contributed by atoms with van der Waals surface area (Å²) < 4.78 is 3.50. The number of pyridine rings is 2.